The molecule has 2 N–H and O–H groups in total. The van der Waals surface area contributed by atoms with Crippen LogP contribution >= 0.6 is 0 Å². The Balaban J connectivity index is 1.95. The Labute approximate surface area is 112 Å². The normalized spacial score (nSPS) is 18.9. The monoisotopic (exact) mass is 257 g/mol. The van der Waals surface area contributed by atoms with E-state index < -0.39 is 0 Å². The molecule has 2 aromatic rings. The number of nitrogens with one attached hydrogen (secondary N) is 2. The molecule has 2 heterocycles. The van der Waals surface area contributed by atoms with E-state index in [0.29, 0.717) is 6.04 Å². The van der Waals surface area contributed by atoms with Gasteiger partial charge >= 0.3 is 0 Å². The van der Waals surface area contributed by atoms with Gasteiger partial charge in [-0.05, 0) is 32.0 Å². The van der Waals surface area contributed by atoms with E-state index in [4.69, 9.17) is 0 Å². The topological polar surface area (TPSA) is 48.1 Å². The number of aromatic nitrogens is 1. The molecule has 0 bridgehead atoms. The van der Waals surface area contributed by atoms with Crippen LogP contribution < -0.4 is 5.32 Å². The minimum Gasteiger partial charge on any atom is -0.361 e. The summed E-state index contributed by atoms with van der Waals surface area (Å²) in [4.78, 5) is 17.9. The number of aromatic amines is 1. The minimum atomic E-state index is 0.129. The third-order valence-corrected chi connectivity index (χ3v) is 3.89. The molecule has 1 unspecified atom stereocenters. The van der Waals surface area contributed by atoms with Crippen molar-refractivity contribution in [3.05, 3.63) is 36.0 Å². The number of rotatable bonds is 3. The SMILES string of the molecule is CCN(C(=O)c1cccc2cc[nH]c12)C1CCNC1. The number of likely N-dealkylation sites (N-methyl/N-ethyl adjacent to an activating group) is 1. The molecule has 0 saturated carbocycles. The van der Waals surface area contributed by atoms with Gasteiger partial charge in [0.15, 0.2) is 0 Å². The minimum absolute atomic E-state index is 0.129. The summed E-state index contributed by atoms with van der Waals surface area (Å²) in [6.07, 6.45) is 2.93. The fraction of sp³-hybridized carbons (Fsp3) is 0.400. The Morgan fingerprint density at radius 3 is 3.05 bits per heavy atom. The quantitative estimate of drug-likeness (QED) is 0.883. The zero-order valence-electron chi connectivity index (χ0n) is 11.1. The molecular weight excluding hydrogens is 238 g/mol. The smallest absolute Gasteiger partial charge is 0.256 e. The van der Waals surface area contributed by atoms with E-state index in [1.165, 1.54) is 0 Å². The van der Waals surface area contributed by atoms with E-state index in [9.17, 15) is 4.79 Å². The predicted molar refractivity (Wildman–Crippen MR) is 76.3 cm³/mol. The predicted octanol–water partition coefficient (Wildman–Crippen LogP) is 1.99. The second kappa shape index (κ2) is 5.05. The van der Waals surface area contributed by atoms with Crippen LogP contribution in [0, 0.1) is 0 Å². The highest BCUT2D eigenvalue weighted by Gasteiger charge is 2.26. The fourth-order valence-corrected chi connectivity index (χ4v) is 2.89. The van der Waals surface area contributed by atoms with Gasteiger partial charge < -0.3 is 15.2 Å². The Morgan fingerprint density at radius 2 is 2.32 bits per heavy atom. The summed E-state index contributed by atoms with van der Waals surface area (Å²) in [6.45, 7) is 4.70. The van der Waals surface area contributed by atoms with Gasteiger partial charge in [0.1, 0.15) is 0 Å². The summed E-state index contributed by atoms with van der Waals surface area (Å²) >= 11 is 0. The van der Waals surface area contributed by atoms with Crippen molar-refractivity contribution >= 4 is 16.8 Å². The van der Waals surface area contributed by atoms with Crippen LogP contribution in [0.1, 0.15) is 23.7 Å². The summed E-state index contributed by atoms with van der Waals surface area (Å²) in [5, 5.41) is 4.41. The molecule has 1 fully saturated rings. The van der Waals surface area contributed by atoms with Crippen LogP contribution in [-0.4, -0.2) is 41.5 Å². The average Bonchev–Trinajstić information content (AvgIpc) is 3.09. The first kappa shape index (κ1) is 12.2. The van der Waals surface area contributed by atoms with Crippen molar-refractivity contribution in [2.45, 2.75) is 19.4 Å². The van der Waals surface area contributed by atoms with Gasteiger partial charge in [0, 0.05) is 30.7 Å². The van der Waals surface area contributed by atoms with Crippen molar-refractivity contribution in [3.8, 4) is 0 Å². The van der Waals surface area contributed by atoms with Crippen molar-refractivity contribution in [2.75, 3.05) is 19.6 Å². The van der Waals surface area contributed by atoms with Gasteiger partial charge in [-0.25, -0.2) is 0 Å². The first-order valence-corrected chi connectivity index (χ1v) is 6.89. The lowest BCUT2D eigenvalue weighted by Crippen LogP contribution is -2.41. The maximum Gasteiger partial charge on any atom is 0.256 e. The second-order valence-corrected chi connectivity index (χ2v) is 4.99. The van der Waals surface area contributed by atoms with Gasteiger partial charge in [-0.15, -0.1) is 0 Å². The molecule has 1 saturated heterocycles. The zero-order valence-corrected chi connectivity index (χ0v) is 11.1. The number of fused-ring (bicyclic) bond motifs is 1. The van der Waals surface area contributed by atoms with Gasteiger partial charge in [-0.1, -0.05) is 12.1 Å². The number of para-hydroxylation sites is 1. The molecule has 1 amide bonds. The molecule has 100 valence electrons. The standard InChI is InChI=1S/C15H19N3O/c1-2-18(12-7-8-16-10-12)15(19)13-5-3-4-11-6-9-17-14(11)13/h3-6,9,12,16-17H,2,7-8,10H2,1H3. The first-order chi connectivity index (χ1) is 9.31. The van der Waals surface area contributed by atoms with Crippen molar-refractivity contribution in [2.24, 2.45) is 0 Å². The summed E-state index contributed by atoms with van der Waals surface area (Å²) in [6, 6.07) is 8.20. The highest BCUT2D eigenvalue weighted by molar-refractivity contribution is 6.05. The molecule has 1 aliphatic heterocycles. The van der Waals surface area contributed by atoms with Crippen molar-refractivity contribution in [3.63, 3.8) is 0 Å². The molecule has 4 heteroatoms. The Morgan fingerprint density at radius 1 is 1.42 bits per heavy atom. The van der Waals surface area contributed by atoms with Crippen LogP contribution in [0.25, 0.3) is 10.9 Å². The zero-order chi connectivity index (χ0) is 13.2. The van der Waals surface area contributed by atoms with Gasteiger partial charge in [0.05, 0.1) is 11.1 Å². The maximum atomic E-state index is 12.8. The molecular formula is C15H19N3O. The number of carbonyl (C=O) groups excluding carboxylic acids is 1. The summed E-state index contributed by atoms with van der Waals surface area (Å²) < 4.78 is 0. The number of hydrogen-bond donors (Lipinski definition) is 2. The van der Waals surface area contributed by atoms with Gasteiger partial charge in [0.25, 0.3) is 5.91 Å². The summed E-state index contributed by atoms with van der Waals surface area (Å²) in [5.74, 6) is 0.129. The molecule has 1 aliphatic rings. The second-order valence-electron chi connectivity index (χ2n) is 4.99. The summed E-state index contributed by atoms with van der Waals surface area (Å²) in [5.41, 5.74) is 1.72. The number of nitrogens with zero attached hydrogens (tertiary/aromatic N) is 1. The average molecular weight is 257 g/mol. The number of hydrogen-bond acceptors (Lipinski definition) is 2. The first-order valence-electron chi connectivity index (χ1n) is 6.89. The largest absolute Gasteiger partial charge is 0.361 e. The van der Waals surface area contributed by atoms with Gasteiger partial charge in [-0.3, -0.25) is 4.79 Å². The lowest BCUT2D eigenvalue weighted by Gasteiger charge is -2.27. The molecule has 3 rings (SSSR count). The highest BCUT2D eigenvalue weighted by atomic mass is 16.2. The maximum absolute atomic E-state index is 12.8. The van der Waals surface area contributed by atoms with E-state index >= 15 is 0 Å². The fourth-order valence-electron chi connectivity index (χ4n) is 2.89. The molecule has 1 aromatic carbocycles. The molecule has 19 heavy (non-hydrogen) atoms. The molecule has 1 aromatic heterocycles. The van der Waals surface area contributed by atoms with E-state index in [2.05, 4.69) is 10.3 Å². The molecule has 0 spiro atoms. The van der Waals surface area contributed by atoms with Crippen molar-refractivity contribution in [1.82, 2.24) is 15.2 Å². The van der Waals surface area contributed by atoms with Crippen molar-refractivity contribution in [1.29, 1.82) is 0 Å². The molecule has 0 radical (unpaired) electrons. The Kier molecular flexibility index (Phi) is 3.25. The lowest BCUT2D eigenvalue weighted by molar-refractivity contribution is 0.0705. The van der Waals surface area contributed by atoms with Crippen LogP contribution in [0.15, 0.2) is 30.5 Å². The van der Waals surface area contributed by atoms with Crippen LogP contribution in [-0.2, 0) is 0 Å². The van der Waals surface area contributed by atoms with Crippen LogP contribution in [0.4, 0.5) is 0 Å². The van der Waals surface area contributed by atoms with Crippen LogP contribution in [0.2, 0.25) is 0 Å². The van der Waals surface area contributed by atoms with E-state index in [1.54, 1.807) is 0 Å². The number of amides is 1. The Hall–Kier alpha value is -1.81. The van der Waals surface area contributed by atoms with Gasteiger partial charge in [-0.2, -0.15) is 0 Å². The lowest BCUT2D eigenvalue weighted by atomic mass is 10.1. The number of benzene rings is 1. The highest BCUT2D eigenvalue weighted by Crippen LogP contribution is 2.20. The third kappa shape index (κ3) is 2.12. The van der Waals surface area contributed by atoms with Crippen molar-refractivity contribution < 1.29 is 4.79 Å². The molecule has 4 nitrogen and oxygen atoms in total. The van der Waals surface area contributed by atoms with Crippen LogP contribution in [0.3, 0.4) is 0 Å². The molecule has 0 aliphatic carbocycles. The van der Waals surface area contributed by atoms with E-state index in [-0.39, 0.29) is 5.91 Å². The summed E-state index contributed by atoms with van der Waals surface area (Å²) in [7, 11) is 0. The number of carbonyl (C=O) groups is 1. The molecule has 1 atom stereocenters. The van der Waals surface area contributed by atoms with Gasteiger partial charge in [0.2, 0.25) is 0 Å². The third-order valence-electron chi connectivity index (χ3n) is 3.89. The van der Waals surface area contributed by atoms with E-state index in [1.807, 2.05) is 42.3 Å². The Bertz CT molecular complexity index is 584. The number of H-pyrrole nitrogens is 1. The van der Waals surface area contributed by atoms with Crippen LogP contribution in [0.5, 0.6) is 0 Å². The van der Waals surface area contributed by atoms with E-state index in [0.717, 1.165) is 42.5 Å².